The van der Waals surface area contributed by atoms with E-state index in [9.17, 15) is 18.0 Å². The number of ether oxygens (including phenoxy) is 1. The number of fused-ring (bicyclic) bond motifs is 1. The van der Waals surface area contributed by atoms with Gasteiger partial charge in [0.2, 0.25) is 5.91 Å². The molecule has 0 spiro atoms. The molecule has 0 bridgehead atoms. The Bertz CT molecular complexity index is 478. The molecule has 0 aliphatic carbocycles. The van der Waals surface area contributed by atoms with Crippen LogP contribution in [0.5, 0.6) is 0 Å². The molecule has 1 amide bonds. The molecule has 19 heavy (non-hydrogen) atoms. The average Bonchev–Trinajstić information content (AvgIpc) is 2.65. The van der Waals surface area contributed by atoms with Crippen LogP contribution in [0.15, 0.2) is 0 Å². The maximum absolute atomic E-state index is 11.9. The third-order valence-electron chi connectivity index (χ3n) is 3.19. The van der Waals surface area contributed by atoms with Crippen molar-refractivity contribution in [2.75, 3.05) is 32.8 Å². The maximum atomic E-state index is 11.9. The van der Waals surface area contributed by atoms with Crippen molar-refractivity contribution in [2.24, 2.45) is 0 Å². The summed E-state index contributed by atoms with van der Waals surface area (Å²) >= 11 is 0. The Kier molecular flexibility index (Phi) is 4.07. The first kappa shape index (κ1) is 14.2. The number of hydrogen-bond acceptors (Lipinski definition) is 5. The third-order valence-corrected chi connectivity index (χ3v) is 4.82. The predicted molar refractivity (Wildman–Crippen MR) is 65.2 cm³/mol. The van der Waals surface area contributed by atoms with E-state index < -0.39 is 16.2 Å². The number of hydrogen-bond donors (Lipinski definition) is 1. The summed E-state index contributed by atoms with van der Waals surface area (Å²) < 4.78 is 31.7. The van der Waals surface area contributed by atoms with Crippen LogP contribution in [0.4, 0.5) is 0 Å². The van der Waals surface area contributed by atoms with Crippen LogP contribution in [0, 0.1) is 0 Å². The SMILES string of the molecule is CCOC(=O)CC(=O)N1CCN2C(CNS2(=O)=O)C1. The fourth-order valence-corrected chi connectivity index (χ4v) is 3.70. The predicted octanol–water partition coefficient (Wildman–Crippen LogP) is -1.70. The second kappa shape index (κ2) is 5.43. The highest BCUT2D eigenvalue weighted by Crippen LogP contribution is 2.18. The minimum absolute atomic E-state index is 0.241. The lowest BCUT2D eigenvalue weighted by Crippen LogP contribution is -2.54. The Morgan fingerprint density at radius 2 is 2.11 bits per heavy atom. The van der Waals surface area contributed by atoms with Crippen LogP contribution in [-0.2, 0) is 24.5 Å². The van der Waals surface area contributed by atoms with Crippen molar-refractivity contribution in [3.63, 3.8) is 0 Å². The molecule has 1 N–H and O–H groups in total. The Morgan fingerprint density at radius 1 is 1.37 bits per heavy atom. The van der Waals surface area contributed by atoms with Gasteiger partial charge in [0.25, 0.3) is 10.2 Å². The zero-order chi connectivity index (χ0) is 14.0. The van der Waals surface area contributed by atoms with E-state index in [1.165, 1.54) is 9.21 Å². The number of carbonyl (C=O) groups is 2. The van der Waals surface area contributed by atoms with E-state index in [0.29, 0.717) is 19.6 Å². The highest BCUT2D eigenvalue weighted by molar-refractivity contribution is 7.87. The van der Waals surface area contributed by atoms with Gasteiger partial charge in [0.05, 0.1) is 12.6 Å². The average molecular weight is 291 g/mol. The molecule has 2 rings (SSSR count). The summed E-state index contributed by atoms with van der Waals surface area (Å²) in [5.74, 6) is -0.866. The van der Waals surface area contributed by atoms with Crippen LogP contribution >= 0.6 is 0 Å². The molecule has 0 aromatic heterocycles. The molecule has 1 unspecified atom stereocenters. The first-order valence-corrected chi connectivity index (χ1v) is 7.58. The van der Waals surface area contributed by atoms with E-state index in [4.69, 9.17) is 4.74 Å². The van der Waals surface area contributed by atoms with Gasteiger partial charge in [0.1, 0.15) is 6.42 Å². The summed E-state index contributed by atoms with van der Waals surface area (Å²) in [6.45, 7) is 3.08. The van der Waals surface area contributed by atoms with E-state index in [2.05, 4.69) is 4.72 Å². The summed E-state index contributed by atoms with van der Waals surface area (Å²) in [7, 11) is -3.37. The number of piperazine rings is 1. The Balaban J connectivity index is 1.92. The van der Waals surface area contributed by atoms with Crippen molar-refractivity contribution in [2.45, 2.75) is 19.4 Å². The Labute approximate surface area is 111 Å². The smallest absolute Gasteiger partial charge is 0.315 e. The standard InChI is InChI=1S/C10H17N3O5S/c1-2-18-10(15)5-9(14)12-3-4-13-8(7-12)6-11-19(13,16)17/h8,11H,2-7H2,1H3. The molecule has 108 valence electrons. The maximum Gasteiger partial charge on any atom is 0.315 e. The largest absolute Gasteiger partial charge is 0.466 e. The zero-order valence-corrected chi connectivity index (χ0v) is 11.5. The molecule has 2 heterocycles. The van der Waals surface area contributed by atoms with Gasteiger partial charge in [-0.3, -0.25) is 9.59 Å². The van der Waals surface area contributed by atoms with E-state index in [1.807, 2.05) is 0 Å². The van der Waals surface area contributed by atoms with Crippen molar-refractivity contribution >= 4 is 22.1 Å². The van der Waals surface area contributed by atoms with Crippen LogP contribution in [-0.4, -0.2) is 68.3 Å². The molecule has 0 radical (unpaired) electrons. The van der Waals surface area contributed by atoms with Gasteiger partial charge in [0.15, 0.2) is 0 Å². The van der Waals surface area contributed by atoms with Crippen molar-refractivity contribution in [1.29, 1.82) is 0 Å². The minimum atomic E-state index is -3.37. The number of rotatable bonds is 3. The van der Waals surface area contributed by atoms with Gasteiger partial charge in [-0.1, -0.05) is 0 Å². The second-order valence-corrected chi connectivity index (χ2v) is 6.15. The lowest BCUT2D eigenvalue weighted by Gasteiger charge is -2.35. The number of nitrogens with one attached hydrogen (secondary N) is 1. The van der Waals surface area contributed by atoms with Gasteiger partial charge >= 0.3 is 5.97 Å². The van der Waals surface area contributed by atoms with Crippen LogP contribution in [0.2, 0.25) is 0 Å². The highest BCUT2D eigenvalue weighted by atomic mass is 32.2. The van der Waals surface area contributed by atoms with Crippen molar-refractivity contribution in [3.05, 3.63) is 0 Å². The van der Waals surface area contributed by atoms with Gasteiger partial charge < -0.3 is 9.64 Å². The summed E-state index contributed by atoms with van der Waals surface area (Å²) in [6, 6.07) is -0.245. The molecular formula is C10H17N3O5S. The topological polar surface area (TPSA) is 96.0 Å². The van der Waals surface area contributed by atoms with Crippen LogP contribution < -0.4 is 4.72 Å². The Hall–Kier alpha value is -1.19. The molecule has 2 fully saturated rings. The molecular weight excluding hydrogens is 274 g/mol. The molecule has 0 aromatic rings. The summed E-state index contributed by atoms with van der Waals surface area (Å²) in [6.07, 6.45) is -0.291. The molecule has 8 nitrogen and oxygen atoms in total. The fraction of sp³-hybridized carbons (Fsp3) is 0.800. The van der Waals surface area contributed by atoms with E-state index in [1.54, 1.807) is 6.92 Å². The number of amides is 1. The molecule has 0 aromatic carbocycles. The molecule has 2 aliphatic heterocycles. The third kappa shape index (κ3) is 3.04. The molecule has 2 saturated heterocycles. The van der Waals surface area contributed by atoms with Crippen molar-refractivity contribution in [1.82, 2.24) is 13.9 Å². The normalized spacial score (nSPS) is 25.9. The van der Waals surface area contributed by atoms with Gasteiger partial charge in [-0.25, -0.2) is 4.72 Å². The van der Waals surface area contributed by atoms with Crippen LogP contribution in [0.1, 0.15) is 13.3 Å². The molecule has 1 atom stereocenters. The lowest BCUT2D eigenvalue weighted by atomic mass is 10.2. The van der Waals surface area contributed by atoms with Crippen molar-refractivity contribution < 1.29 is 22.7 Å². The zero-order valence-electron chi connectivity index (χ0n) is 10.7. The van der Waals surface area contributed by atoms with Gasteiger partial charge in [0, 0.05) is 26.2 Å². The van der Waals surface area contributed by atoms with Crippen LogP contribution in [0.3, 0.4) is 0 Å². The van der Waals surface area contributed by atoms with Crippen LogP contribution in [0.25, 0.3) is 0 Å². The molecule has 9 heteroatoms. The van der Waals surface area contributed by atoms with E-state index in [0.717, 1.165) is 0 Å². The molecule has 0 saturated carbocycles. The summed E-state index contributed by atoms with van der Waals surface area (Å²) in [5, 5.41) is 0. The lowest BCUT2D eigenvalue weighted by molar-refractivity contribution is -0.149. The van der Waals surface area contributed by atoms with E-state index >= 15 is 0 Å². The van der Waals surface area contributed by atoms with Gasteiger partial charge in [-0.2, -0.15) is 12.7 Å². The monoisotopic (exact) mass is 291 g/mol. The molecule has 2 aliphatic rings. The second-order valence-electron chi connectivity index (χ2n) is 4.44. The van der Waals surface area contributed by atoms with Gasteiger partial charge in [-0.05, 0) is 6.92 Å². The summed E-state index contributed by atoms with van der Waals surface area (Å²) in [5.41, 5.74) is 0. The minimum Gasteiger partial charge on any atom is -0.466 e. The first-order chi connectivity index (χ1) is 8.94. The Morgan fingerprint density at radius 3 is 2.79 bits per heavy atom. The van der Waals surface area contributed by atoms with E-state index in [-0.39, 0.29) is 31.5 Å². The number of nitrogens with zero attached hydrogens (tertiary/aromatic N) is 2. The fourth-order valence-electron chi connectivity index (χ4n) is 2.28. The first-order valence-electron chi connectivity index (χ1n) is 6.14. The van der Waals surface area contributed by atoms with Gasteiger partial charge in [-0.15, -0.1) is 0 Å². The number of carbonyl (C=O) groups excluding carboxylic acids is 2. The quantitative estimate of drug-likeness (QED) is 0.494. The van der Waals surface area contributed by atoms with Crippen molar-refractivity contribution in [3.8, 4) is 0 Å². The highest BCUT2D eigenvalue weighted by Gasteiger charge is 2.41. The number of esters is 1. The summed E-state index contributed by atoms with van der Waals surface area (Å²) in [4.78, 5) is 24.6.